The maximum atomic E-state index is 10.7. The SMILES string of the molecule is CC(=O)SCCCOCC(N)COCCC[SH]=C(C)O.Cl. The minimum absolute atomic E-state index is 0. The van der Waals surface area contributed by atoms with E-state index in [-0.39, 0.29) is 23.6 Å². The smallest absolute Gasteiger partial charge is 0.185 e. The fraction of sp³-hybridized carbons (Fsp3) is 0.846. The van der Waals surface area contributed by atoms with Crippen LogP contribution in [-0.2, 0) is 14.3 Å². The van der Waals surface area contributed by atoms with E-state index in [1.807, 2.05) is 0 Å². The van der Waals surface area contributed by atoms with E-state index in [4.69, 9.17) is 20.3 Å². The number of thiol groups is 1. The minimum atomic E-state index is -0.112. The van der Waals surface area contributed by atoms with Crippen molar-refractivity contribution in [3.63, 3.8) is 0 Å². The van der Waals surface area contributed by atoms with Crippen molar-refractivity contribution in [2.75, 3.05) is 37.9 Å². The number of carbonyl (C=O) groups excluding carboxylic acids is 1. The fourth-order valence-corrected chi connectivity index (χ4v) is 2.46. The molecule has 8 heteroatoms. The van der Waals surface area contributed by atoms with Crippen LogP contribution in [0.4, 0.5) is 0 Å². The largest absolute Gasteiger partial charge is 0.380 e. The number of rotatable bonds is 12. The zero-order valence-electron chi connectivity index (χ0n) is 12.7. The fourth-order valence-electron chi connectivity index (χ4n) is 1.30. The lowest BCUT2D eigenvalue weighted by atomic mass is 10.3. The Morgan fingerprint density at radius 3 is 2.33 bits per heavy atom. The Morgan fingerprint density at radius 1 is 1.24 bits per heavy atom. The van der Waals surface area contributed by atoms with Gasteiger partial charge in [-0.1, -0.05) is 11.8 Å². The number of ether oxygens (including phenoxy) is 2. The van der Waals surface area contributed by atoms with Gasteiger partial charge in [-0.05, 0) is 25.5 Å². The molecule has 0 radical (unpaired) electrons. The topological polar surface area (TPSA) is 81.8 Å². The molecule has 0 aliphatic carbocycles. The van der Waals surface area contributed by atoms with Gasteiger partial charge in [-0.2, -0.15) is 11.4 Å². The third kappa shape index (κ3) is 20.4. The number of aliphatic hydroxyl groups excluding tert-OH is 1. The quantitative estimate of drug-likeness (QED) is 0.280. The van der Waals surface area contributed by atoms with Crippen molar-refractivity contribution >= 4 is 45.7 Å². The van der Waals surface area contributed by atoms with Gasteiger partial charge < -0.3 is 20.3 Å². The average Bonchev–Trinajstić information content (AvgIpc) is 2.37. The highest BCUT2D eigenvalue weighted by Gasteiger charge is 2.03. The van der Waals surface area contributed by atoms with Crippen LogP contribution in [0.25, 0.3) is 0 Å². The molecule has 1 atom stereocenters. The number of carbonyl (C=O) groups is 1. The van der Waals surface area contributed by atoms with Gasteiger partial charge in [0.15, 0.2) is 5.12 Å². The molecule has 0 amide bonds. The molecule has 0 rings (SSSR count). The van der Waals surface area contributed by atoms with Gasteiger partial charge in [-0.3, -0.25) is 4.79 Å². The first kappa shape index (κ1) is 23.6. The lowest BCUT2D eigenvalue weighted by Gasteiger charge is -2.12. The predicted octanol–water partition coefficient (Wildman–Crippen LogP) is 2.00. The first-order valence-electron chi connectivity index (χ1n) is 6.76. The summed E-state index contributed by atoms with van der Waals surface area (Å²) < 4.78 is 10.9. The van der Waals surface area contributed by atoms with Crippen molar-refractivity contribution in [3.05, 3.63) is 0 Å². The van der Waals surface area contributed by atoms with Crippen molar-refractivity contribution in [2.45, 2.75) is 32.7 Å². The minimum Gasteiger partial charge on any atom is -0.380 e. The molecule has 0 aromatic rings. The third-order valence-corrected chi connectivity index (χ3v) is 4.09. The van der Waals surface area contributed by atoms with Crippen LogP contribution in [0.15, 0.2) is 0 Å². The van der Waals surface area contributed by atoms with Crippen molar-refractivity contribution in [3.8, 4) is 0 Å². The highest BCUT2D eigenvalue weighted by atomic mass is 35.5. The Balaban J connectivity index is 0. The molecule has 1 unspecified atom stereocenters. The van der Waals surface area contributed by atoms with Crippen LogP contribution in [0.5, 0.6) is 0 Å². The number of hydrogen-bond donors (Lipinski definition) is 3. The summed E-state index contributed by atoms with van der Waals surface area (Å²) in [6.45, 7) is 5.51. The van der Waals surface area contributed by atoms with E-state index in [1.165, 1.54) is 11.8 Å². The summed E-state index contributed by atoms with van der Waals surface area (Å²) in [5.74, 6) is 1.70. The Bertz CT molecular complexity index is 289. The van der Waals surface area contributed by atoms with E-state index >= 15 is 0 Å². The van der Waals surface area contributed by atoms with Gasteiger partial charge in [0.1, 0.15) is 0 Å². The van der Waals surface area contributed by atoms with Gasteiger partial charge in [0.25, 0.3) is 0 Å². The summed E-state index contributed by atoms with van der Waals surface area (Å²) in [5, 5.41) is 9.58. The van der Waals surface area contributed by atoms with Crippen LogP contribution >= 0.6 is 35.5 Å². The highest BCUT2D eigenvalue weighted by Crippen LogP contribution is 2.03. The monoisotopic (exact) mass is 361 g/mol. The molecule has 0 heterocycles. The van der Waals surface area contributed by atoms with Crippen LogP contribution in [-0.4, -0.2) is 59.2 Å². The molecule has 0 spiro atoms. The first-order valence-corrected chi connectivity index (χ1v) is 8.83. The third-order valence-electron chi connectivity index (χ3n) is 2.19. The number of thioether (sulfide) groups is 1. The molecule has 128 valence electrons. The molecule has 0 aliphatic rings. The van der Waals surface area contributed by atoms with E-state index in [0.29, 0.717) is 31.5 Å². The zero-order chi connectivity index (χ0) is 15.2. The number of nitrogens with two attached hydrogens (primary N) is 1. The summed E-state index contributed by atoms with van der Waals surface area (Å²) in [6, 6.07) is -0.112. The van der Waals surface area contributed by atoms with Gasteiger partial charge in [0.2, 0.25) is 0 Å². The Labute approximate surface area is 141 Å². The average molecular weight is 362 g/mol. The van der Waals surface area contributed by atoms with Crippen molar-refractivity contribution < 1.29 is 19.4 Å². The second-order valence-corrected chi connectivity index (χ2v) is 7.07. The summed E-state index contributed by atoms with van der Waals surface area (Å²) in [7, 11) is 0. The molecule has 0 aromatic carbocycles. The van der Waals surface area contributed by atoms with E-state index < -0.39 is 0 Å². The lowest BCUT2D eigenvalue weighted by Crippen LogP contribution is -2.31. The molecule has 0 saturated heterocycles. The molecule has 5 nitrogen and oxygen atoms in total. The van der Waals surface area contributed by atoms with Gasteiger partial charge in [-0.25, -0.2) is 0 Å². The van der Waals surface area contributed by atoms with Gasteiger partial charge >= 0.3 is 0 Å². The molecule has 0 aliphatic heterocycles. The predicted molar refractivity (Wildman–Crippen MR) is 96.4 cm³/mol. The van der Waals surface area contributed by atoms with Crippen LogP contribution in [0.1, 0.15) is 26.7 Å². The summed E-state index contributed by atoms with van der Waals surface area (Å²) in [6.07, 6.45) is 1.77. The summed E-state index contributed by atoms with van der Waals surface area (Å²) >= 11 is 2.28. The van der Waals surface area contributed by atoms with Gasteiger partial charge in [0.05, 0.1) is 24.3 Å². The van der Waals surface area contributed by atoms with Crippen molar-refractivity contribution in [1.29, 1.82) is 0 Å². The standard InChI is InChI=1S/C13H27NO4S2.ClH/c1-11(15)19-7-3-5-17-9-13(14)10-18-6-4-8-20-12(2)16;/h13,15,19H,3-10,14H2,1-2H3;1H. The van der Waals surface area contributed by atoms with E-state index in [1.54, 1.807) is 13.8 Å². The Morgan fingerprint density at radius 2 is 1.81 bits per heavy atom. The van der Waals surface area contributed by atoms with Gasteiger partial charge in [-0.15, -0.1) is 12.4 Å². The number of hydrogen-bond acceptors (Lipinski definition) is 5. The molecule has 0 aromatic heterocycles. The summed E-state index contributed by atoms with van der Waals surface area (Å²) in [4.78, 5) is 10.7. The van der Waals surface area contributed by atoms with Crippen molar-refractivity contribution in [1.82, 2.24) is 0 Å². The second kappa shape index (κ2) is 16.7. The molecule has 3 N–H and O–H groups in total. The molecule has 0 saturated carbocycles. The zero-order valence-corrected chi connectivity index (χ0v) is 15.3. The maximum Gasteiger partial charge on any atom is 0.185 e. The Hall–Kier alpha value is 0.370. The van der Waals surface area contributed by atoms with E-state index in [0.717, 1.165) is 35.7 Å². The number of halogens is 1. The second-order valence-electron chi connectivity index (χ2n) is 4.39. The summed E-state index contributed by atoms with van der Waals surface area (Å²) in [5.41, 5.74) is 5.84. The Kier molecular flexibility index (Phi) is 18.8. The van der Waals surface area contributed by atoms with Crippen LogP contribution in [0, 0.1) is 0 Å². The van der Waals surface area contributed by atoms with Crippen molar-refractivity contribution in [2.24, 2.45) is 5.73 Å². The van der Waals surface area contributed by atoms with Crippen LogP contribution in [0.2, 0.25) is 0 Å². The lowest BCUT2D eigenvalue weighted by molar-refractivity contribution is -0.109. The molecular weight excluding hydrogens is 334 g/mol. The molecule has 0 bridgehead atoms. The van der Waals surface area contributed by atoms with Crippen LogP contribution in [0.3, 0.4) is 0 Å². The van der Waals surface area contributed by atoms with Crippen LogP contribution < -0.4 is 5.73 Å². The van der Waals surface area contributed by atoms with E-state index in [2.05, 4.69) is 0 Å². The number of aliphatic hydroxyl groups is 1. The van der Waals surface area contributed by atoms with Gasteiger partial charge in [0, 0.05) is 25.9 Å². The highest BCUT2D eigenvalue weighted by molar-refractivity contribution is 8.13. The molecular formula is C13H28ClNO4S2. The first-order chi connectivity index (χ1) is 9.52. The van der Waals surface area contributed by atoms with E-state index in [9.17, 15) is 4.79 Å². The molecule has 21 heavy (non-hydrogen) atoms. The molecule has 0 fully saturated rings. The maximum absolute atomic E-state index is 10.7. The normalized spacial score (nSPS) is 13.2.